The minimum absolute atomic E-state index is 0.165. The third-order valence-corrected chi connectivity index (χ3v) is 2.65. The lowest BCUT2D eigenvalue weighted by atomic mass is 10.2. The molecule has 1 rings (SSSR count). The Morgan fingerprint density at radius 1 is 1.50 bits per heavy atom. The minimum atomic E-state index is -0.554. The quantitative estimate of drug-likeness (QED) is 0.807. The van der Waals surface area contributed by atoms with E-state index in [1.54, 1.807) is 32.2 Å². The van der Waals surface area contributed by atoms with E-state index in [2.05, 4.69) is 5.32 Å². The molecule has 0 fully saturated rings. The van der Waals surface area contributed by atoms with E-state index in [1.807, 2.05) is 6.92 Å². The number of rotatable bonds is 6. The Morgan fingerprint density at radius 3 is 2.83 bits per heavy atom. The molecule has 18 heavy (non-hydrogen) atoms. The number of hydrogen-bond acceptors (Lipinski definition) is 3. The van der Waals surface area contributed by atoms with Crippen LogP contribution in [-0.4, -0.2) is 32.3 Å². The Kier molecular flexibility index (Phi) is 5.95. The molecule has 1 N–H and O–H groups in total. The van der Waals surface area contributed by atoms with E-state index >= 15 is 0 Å². The van der Waals surface area contributed by atoms with Crippen LogP contribution in [0.5, 0.6) is 5.75 Å². The maximum atomic E-state index is 11.7. The lowest BCUT2D eigenvalue weighted by Crippen LogP contribution is -2.38. The van der Waals surface area contributed by atoms with Crippen molar-refractivity contribution in [3.63, 3.8) is 0 Å². The van der Waals surface area contributed by atoms with E-state index in [0.29, 0.717) is 23.9 Å². The molecule has 0 bridgehead atoms. The van der Waals surface area contributed by atoms with Gasteiger partial charge in [-0.3, -0.25) is 4.79 Å². The van der Waals surface area contributed by atoms with Crippen molar-refractivity contribution in [2.45, 2.75) is 20.0 Å². The molecule has 0 radical (unpaired) electrons. The van der Waals surface area contributed by atoms with Crippen LogP contribution >= 0.6 is 11.6 Å². The first-order chi connectivity index (χ1) is 8.54. The molecule has 1 aromatic rings. The Balaban J connectivity index is 2.53. The van der Waals surface area contributed by atoms with Gasteiger partial charge in [-0.2, -0.15) is 0 Å². The molecule has 0 saturated heterocycles. The molecular formula is C13H18ClNO3. The van der Waals surface area contributed by atoms with Crippen molar-refractivity contribution in [2.75, 3.05) is 20.3 Å². The largest absolute Gasteiger partial charge is 0.481 e. The molecule has 0 aliphatic rings. The van der Waals surface area contributed by atoms with Crippen molar-refractivity contribution >= 4 is 17.5 Å². The van der Waals surface area contributed by atoms with Crippen molar-refractivity contribution in [2.24, 2.45) is 0 Å². The van der Waals surface area contributed by atoms with E-state index in [0.717, 1.165) is 5.56 Å². The van der Waals surface area contributed by atoms with Gasteiger partial charge in [0.05, 0.1) is 6.61 Å². The van der Waals surface area contributed by atoms with Crippen LogP contribution in [-0.2, 0) is 9.53 Å². The van der Waals surface area contributed by atoms with Crippen LogP contribution in [0.3, 0.4) is 0 Å². The maximum absolute atomic E-state index is 11.7. The zero-order valence-corrected chi connectivity index (χ0v) is 11.6. The maximum Gasteiger partial charge on any atom is 0.260 e. The molecule has 1 atom stereocenters. The van der Waals surface area contributed by atoms with Crippen LogP contribution in [0, 0.1) is 6.92 Å². The number of methoxy groups -OCH3 is 1. The van der Waals surface area contributed by atoms with Crippen molar-refractivity contribution in [3.05, 3.63) is 28.8 Å². The molecule has 0 saturated carbocycles. The number of nitrogens with one attached hydrogen (secondary N) is 1. The normalized spacial score (nSPS) is 12.0. The second-order valence-corrected chi connectivity index (χ2v) is 4.39. The Bertz CT molecular complexity index is 409. The topological polar surface area (TPSA) is 47.6 Å². The zero-order chi connectivity index (χ0) is 13.5. The molecule has 1 amide bonds. The van der Waals surface area contributed by atoms with Gasteiger partial charge < -0.3 is 14.8 Å². The van der Waals surface area contributed by atoms with Gasteiger partial charge in [-0.15, -0.1) is 0 Å². The first kappa shape index (κ1) is 14.8. The average Bonchev–Trinajstić information content (AvgIpc) is 2.32. The number of amides is 1. The lowest BCUT2D eigenvalue weighted by molar-refractivity contribution is -0.127. The number of aryl methyl sites for hydroxylation is 1. The fourth-order valence-corrected chi connectivity index (χ4v) is 1.64. The number of hydrogen-bond donors (Lipinski definition) is 1. The van der Waals surface area contributed by atoms with Crippen LogP contribution in [0.4, 0.5) is 0 Å². The van der Waals surface area contributed by atoms with Crippen LogP contribution in [0.15, 0.2) is 18.2 Å². The summed E-state index contributed by atoms with van der Waals surface area (Å²) in [5, 5.41) is 3.37. The summed E-state index contributed by atoms with van der Waals surface area (Å²) in [6.45, 7) is 4.55. The first-order valence-corrected chi connectivity index (χ1v) is 6.12. The predicted molar refractivity (Wildman–Crippen MR) is 71.2 cm³/mol. The molecule has 5 heteroatoms. The highest BCUT2D eigenvalue weighted by molar-refractivity contribution is 6.30. The summed E-state index contributed by atoms with van der Waals surface area (Å²) in [6, 6.07) is 5.29. The Labute approximate surface area is 112 Å². The highest BCUT2D eigenvalue weighted by atomic mass is 35.5. The minimum Gasteiger partial charge on any atom is -0.481 e. The van der Waals surface area contributed by atoms with Gasteiger partial charge in [0.15, 0.2) is 6.10 Å². The molecule has 0 aromatic heterocycles. The molecule has 0 unspecified atom stereocenters. The van der Waals surface area contributed by atoms with Gasteiger partial charge in [0.1, 0.15) is 5.75 Å². The molecule has 0 heterocycles. The van der Waals surface area contributed by atoms with Crippen LogP contribution in [0.1, 0.15) is 12.5 Å². The predicted octanol–water partition coefficient (Wildman–Crippen LogP) is 2.18. The summed E-state index contributed by atoms with van der Waals surface area (Å²) in [5.41, 5.74) is 0.902. The molecule has 0 aliphatic carbocycles. The van der Waals surface area contributed by atoms with Gasteiger partial charge in [-0.25, -0.2) is 0 Å². The lowest BCUT2D eigenvalue weighted by Gasteiger charge is -2.16. The average molecular weight is 272 g/mol. The number of benzene rings is 1. The van der Waals surface area contributed by atoms with Gasteiger partial charge in [-0.1, -0.05) is 11.6 Å². The molecule has 1 aromatic carbocycles. The van der Waals surface area contributed by atoms with Crippen LogP contribution in [0.2, 0.25) is 5.02 Å². The smallest absolute Gasteiger partial charge is 0.260 e. The SMILES string of the molecule is COCCNC(=O)[C@@H](C)Oc1ccc(Cl)cc1C. The van der Waals surface area contributed by atoms with Gasteiger partial charge in [0, 0.05) is 18.7 Å². The first-order valence-electron chi connectivity index (χ1n) is 5.74. The fraction of sp³-hybridized carbons (Fsp3) is 0.462. The zero-order valence-electron chi connectivity index (χ0n) is 10.8. The van der Waals surface area contributed by atoms with E-state index in [1.165, 1.54) is 0 Å². The van der Waals surface area contributed by atoms with Crippen LogP contribution in [0.25, 0.3) is 0 Å². The van der Waals surface area contributed by atoms with E-state index in [4.69, 9.17) is 21.1 Å². The number of halogens is 1. The summed E-state index contributed by atoms with van der Waals surface area (Å²) in [6.07, 6.45) is -0.554. The summed E-state index contributed by atoms with van der Waals surface area (Å²) in [5.74, 6) is 0.496. The summed E-state index contributed by atoms with van der Waals surface area (Å²) >= 11 is 5.85. The third kappa shape index (κ3) is 4.55. The molecule has 0 spiro atoms. The van der Waals surface area contributed by atoms with Crippen molar-refractivity contribution < 1.29 is 14.3 Å². The highest BCUT2D eigenvalue weighted by Crippen LogP contribution is 2.22. The van der Waals surface area contributed by atoms with Crippen molar-refractivity contribution in [3.8, 4) is 5.75 Å². The van der Waals surface area contributed by atoms with E-state index in [9.17, 15) is 4.79 Å². The Morgan fingerprint density at radius 2 is 2.22 bits per heavy atom. The molecule has 4 nitrogen and oxygen atoms in total. The number of carbonyl (C=O) groups is 1. The molecular weight excluding hydrogens is 254 g/mol. The second-order valence-electron chi connectivity index (χ2n) is 3.95. The van der Waals surface area contributed by atoms with Gasteiger partial charge in [-0.05, 0) is 37.6 Å². The molecule has 100 valence electrons. The van der Waals surface area contributed by atoms with Gasteiger partial charge >= 0.3 is 0 Å². The standard InChI is InChI=1S/C13H18ClNO3/c1-9-8-11(14)4-5-12(9)18-10(2)13(16)15-6-7-17-3/h4-5,8,10H,6-7H2,1-3H3,(H,15,16)/t10-/m1/s1. The summed E-state index contributed by atoms with van der Waals surface area (Å²) in [7, 11) is 1.59. The van der Waals surface area contributed by atoms with Gasteiger partial charge in [0.25, 0.3) is 5.91 Å². The number of carbonyl (C=O) groups excluding carboxylic acids is 1. The Hall–Kier alpha value is -1.26. The van der Waals surface area contributed by atoms with E-state index in [-0.39, 0.29) is 5.91 Å². The monoisotopic (exact) mass is 271 g/mol. The third-order valence-electron chi connectivity index (χ3n) is 2.42. The number of ether oxygens (including phenoxy) is 2. The summed E-state index contributed by atoms with van der Waals surface area (Å²) in [4.78, 5) is 11.7. The highest BCUT2D eigenvalue weighted by Gasteiger charge is 2.14. The van der Waals surface area contributed by atoms with E-state index < -0.39 is 6.10 Å². The second kappa shape index (κ2) is 7.24. The van der Waals surface area contributed by atoms with Crippen LogP contribution < -0.4 is 10.1 Å². The van der Waals surface area contributed by atoms with Crippen molar-refractivity contribution in [1.82, 2.24) is 5.32 Å². The van der Waals surface area contributed by atoms with Gasteiger partial charge in [0.2, 0.25) is 0 Å². The fourth-order valence-electron chi connectivity index (χ4n) is 1.41. The van der Waals surface area contributed by atoms with Crippen molar-refractivity contribution in [1.29, 1.82) is 0 Å². The summed E-state index contributed by atoms with van der Waals surface area (Å²) < 4.78 is 10.4. The molecule has 0 aliphatic heterocycles.